The first-order valence-corrected chi connectivity index (χ1v) is 8.05. The number of hydrogen-bond acceptors (Lipinski definition) is 6. The summed E-state index contributed by atoms with van der Waals surface area (Å²) in [5.74, 6) is -0.0883. The molecule has 2 aromatic rings. The Labute approximate surface area is 137 Å². The van der Waals surface area contributed by atoms with Gasteiger partial charge in [0.1, 0.15) is 0 Å². The maximum Gasteiger partial charge on any atom is 0.234 e. The number of halogens is 3. The molecule has 106 valence electrons. The van der Waals surface area contributed by atoms with Gasteiger partial charge in [-0.25, -0.2) is 0 Å². The molecule has 0 atom stereocenters. The molecule has 0 bridgehead atoms. The first-order chi connectivity index (χ1) is 9.45. The van der Waals surface area contributed by atoms with E-state index in [0.29, 0.717) is 30.2 Å². The summed E-state index contributed by atoms with van der Waals surface area (Å²) in [4.78, 5) is 11.8. The van der Waals surface area contributed by atoms with Gasteiger partial charge in [0.25, 0.3) is 0 Å². The molecule has 0 saturated carbocycles. The number of nitrogen functional groups attached to an aromatic ring is 1. The van der Waals surface area contributed by atoms with Crippen LogP contribution in [0.3, 0.4) is 0 Å². The molecule has 0 spiro atoms. The Morgan fingerprint density at radius 3 is 2.60 bits per heavy atom. The number of benzene rings is 1. The molecule has 0 radical (unpaired) electrons. The average molecular weight is 370 g/mol. The Hall–Kier alpha value is -0.730. The zero-order valence-corrected chi connectivity index (χ0v) is 13.6. The molecule has 0 aliphatic rings. The highest BCUT2D eigenvalue weighted by atomic mass is 35.5. The summed E-state index contributed by atoms with van der Waals surface area (Å²) in [5.41, 5.74) is 5.85. The minimum Gasteiger partial charge on any atom is -0.374 e. The predicted octanol–water partition coefficient (Wildman–Crippen LogP) is 3.81. The number of carbonyl (C=O) groups excluding carboxylic acids is 1. The van der Waals surface area contributed by atoms with Crippen LogP contribution in [0.25, 0.3) is 0 Å². The number of carbonyl (C=O) groups is 1. The van der Waals surface area contributed by atoms with Gasteiger partial charge in [0.05, 0.1) is 26.5 Å². The smallest absolute Gasteiger partial charge is 0.234 e. The van der Waals surface area contributed by atoms with Gasteiger partial charge in [0, 0.05) is 0 Å². The number of rotatable bonds is 4. The lowest BCUT2D eigenvalue weighted by Crippen LogP contribution is -2.14. The van der Waals surface area contributed by atoms with E-state index in [-0.39, 0.29) is 11.7 Å². The lowest BCUT2D eigenvalue weighted by molar-refractivity contribution is -0.113. The normalized spacial score (nSPS) is 10.6. The van der Waals surface area contributed by atoms with Crippen molar-refractivity contribution in [3.63, 3.8) is 0 Å². The van der Waals surface area contributed by atoms with Crippen molar-refractivity contribution in [3.05, 3.63) is 27.2 Å². The number of hydrogen-bond donors (Lipinski definition) is 2. The molecule has 2 rings (SSSR count). The number of anilines is 2. The molecular weight excluding hydrogens is 363 g/mol. The van der Waals surface area contributed by atoms with Gasteiger partial charge in [0.15, 0.2) is 4.34 Å². The zero-order chi connectivity index (χ0) is 14.7. The average Bonchev–Trinajstić information content (AvgIpc) is 2.79. The van der Waals surface area contributed by atoms with Crippen molar-refractivity contribution >= 4 is 74.6 Å². The second-order valence-corrected chi connectivity index (χ2v) is 6.94. The first-order valence-electron chi connectivity index (χ1n) is 5.12. The van der Waals surface area contributed by atoms with Crippen LogP contribution in [0.2, 0.25) is 15.1 Å². The number of nitrogens with one attached hydrogen (secondary N) is 1. The summed E-state index contributed by atoms with van der Waals surface area (Å²) >= 11 is 20.1. The predicted molar refractivity (Wildman–Crippen MR) is 85.1 cm³/mol. The summed E-state index contributed by atoms with van der Waals surface area (Å²) in [5, 5.41) is 11.4. The van der Waals surface area contributed by atoms with Gasteiger partial charge in [0.2, 0.25) is 11.0 Å². The van der Waals surface area contributed by atoms with E-state index in [1.54, 1.807) is 0 Å². The Kier molecular flexibility index (Phi) is 5.34. The quantitative estimate of drug-likeness (QED) is 0.632. The topological polar surface area (TPSA) is 80.9 Å². The van der Waals surface area contributed by atoms with E-state index < -0.39 is 0 Å². The molecule has 1 aromatic heterocycles. The molecule has 20 heavy (non-hydrogen) atoms. The minimum absolute atomic E-state index is 0.158. The van der Waals surface area contributed by atoms with Crippen LogP contribution in [0.5, 0.6) is 0 Å². The van der Waals surface area contributed by atoms with Crippen molar-refractivity contribution in [2.75, 3.05) is 16.8 Å². The molecule has 0 unspecified atom stereocenters. The molecule has 5 nitrogen and oxygen atoms in total. The van der Waals surface area contributed by atoms with Gasteiger partial charge < -0.3 is 11.1 Å². The van der Waals surface area contributed by atoms with E-state index in [1.807, 2.05) is 0 Å². The molecule has 1 amide bonds. The van der Waals surface area contributed by atoms with Crippen LogP contribution >= 0.6 is 57.9 Å². The lowest BCUT2D eigenvalue weighted by Gasteiger charge is -2.08. The summed E-state index contributed by atoms with van der Waals surface area (Å²) in [6.07, 6.45) is 0. The van der Waals surface area contributed by atoms with E-state index in [9.17, 15) is 4.79 Å². The highest BCUT2D eigenvalue weighted by Crippen LogP contribution is 2.32. The summed E-state index contributed by atoms with van der Waals surface area (Å²) in [7, 11) is 0. The maximum absolute atomic E-state index is 11.8. The molecular formula is C10H7Cl3N4OS2. The van der Waals surface area contributed by atoms with Crippen LogP contribution in [-0.4, -0.2) is 21.9 Å². The van der Waals surface area contributed by atoms with E-state index in [4.69, 9.17) is 40.5 Å². The van der Waals surface area contributed by atoms with Crippen LogP contribution in [0.4, 0.5) is 10.8 Å². The largest absolute Gasteiger partial charge is 0.374 e. The third kappa shape index (κ3) is 4.13. The van der Waals surface area contributed by atoms with E-state index in [1.165, 1.54) is 35.2 Å². The Morgan fingerprint density at radius 1 is 1.25 bits per heavy atom. The zero-order valence-electron chi connectivity index (χ0n) is 9.69. The minimum atomic E-state index is -0.246. The number of nitrogens with zero attached hydrogens (tertiary/aromatic N) is 2. The third-order valence-electron chi connectivity index (χ3n) is 2.03. The van der Waals surface area contributed by atoms with Gasteiger partial charge in [-0.05, 0) is 12.1 Å². The van der Waals surface area contributed by atoms with Crippen LogP contribution < -0.4 is 11.1 Å². The van der Waals surface area contributed by atoms with Crippen molar-refractivity contribution in [3.8, 4) is 0 Å². The van der Waals surface area contributed by atoms with Gasteiger partial charge in [-0.2, -0.15) is 0 Å². The highest BCUT2D eigenvalue weighted by Gasteiger charge is 2.11. The summed E-state index contributed by atoms with van der Waals surface area (Å²) < 4.78 is 0.623. The number of amides is 1. The van der Waals surface area contributed by atoms with Gasteiger partial charge in [-0.15, -0.1) is 10.2 Å². The number of thioether (sulfide) groups is 1. The molecule has 0 aliphatic heterocycles. The second-order valence-electron chi connectivity index (χ2n) is 3.49. The van der Waals surface area contributed by atoms with Crippen molar-refractivity contribution in [1.29, 1.82) is 0 Å². The van der Waals surface area contributed by atoms with Gasteiger partial charge >= 0.3 is 0 Å². The summed E-state index contributed by atoms with van der Waals surface area (Å²) in [6.45, 7) is 0. The highest BCUT2D eigenvalue weighted by molar-refractivity contribution is 8.01. The fourth-order valence-electron chi connectivity index (χ4n) is 1.21. The molecule has 1 aromatic carbocycles. The molecule has 0 aliphatic carbocycles. The molecule has 0 fully saturated rings. The van der Waals surface area contributed by atoms with Crippen LogP contribution in [0.1, 0.15) is 0 Å². The lowest BCUT2D eigenvalue weighted by atomic mass is 10.3. The number of nitrogens with two attached hydrogens (primary N) is 1. The van der Waals surface area contributed by atoms with Gasteiger partial charge in [-0.3, -0.25) is 4.79 Å². The standard InChI is InChI=1S/C10H7Cl3N4OS2/c11-4-1-6(13)7(2-5(4)12)15-8(18)3-19-10-17-16-9(14)20-10/h1-2H,3H2,(H2,14,16)(H,15,18). The monoisotopic (exact) mass is 368 g/mol. The second kappa shape index (κ2) is 6.82. The number of aromatic nitrogens is 2. The molecule has 3 N–H and O–H groups in total. The molecule has 1 heterocycles. The van der Waals surface area contributed by atoms with Crippen molar-refractivity contribution in [2.45, 2.75) is 4.34 Å². The Morgan fingerprint density at radius 2 is 1.95 bits per heavy atom. The SMILES string of the molecule is Nc1nnc(SCC(=O)Nc2cc(Cl)c(Cl)cc2Cl)s1. The van der Waals surface area contributed by atoms with Crippen LogP contribution in [0.15, 0.2) is 16.5 Å². The van der Waals surface area contributed by atoms with Gasteiger partial charge in [-0.1, -0.05) is 57.9 Å². The van der Waals surface area contributed by atoms with E-state index in [0.717, 1.165) is 0 Å². The van der Waals surface area contributed by atoms with Crippen LogP contribution in [-0.2, 0) is 4.79 Å². The van der Waals surface area contributed by atoms with Crippen LogP contribution in [0, 0.1) is 0 Å². The molecule has 0 saturated heterocycles. The first kappa shape index (κ1) is 15.7. The fraction of sp³-hybridized carbons (Fsp3) is 0.100. The Balaban J connectivity index is 1.96. The van der Waals surface area contributed by atoms with Crippen molar-refractivity contribution in [2.24, 2.45) is 0 Å². The Bertz CT molecular complexity index is 649. The van der Waals surface area contributed by atoms with E-state index in [2.05, 4.69) is 15.5 Å². The fourth-order valence-corrected chi connectivity index (χ4v) is 3.24. The van der Waals surface area contributed by atoms with Crippen molar-refractivity contribution < 1.29 is 4.79 Å². The third-order valence-corrected chi connectivity index (χ3v) is 4.95. The molecule has 10 heteroatoms. The maximum atomic E-state index is 11.8. The summed E-state index contributed by atoms with van der Waals surface area (Å²) in [6, 6.07) is 2.97. The van der Waals surface area contributed by atoms with E-state index >= 15 is 0 Å². The van der Waals surface area contributed by atoms with Crippen molar-refractivity contribution in [1.82, 2.24) is 10.2 Å².